The number of benzene rings is 1. The third-order valence-corrected chi connectivity index (χ3v) is 5.68. The van der Waals surface area contributed by atoms with E-state index in [1.54, 1.807) is 19.1 Å². The number of aryl methyl sites for hydroxylation is 1. The Labute approximate surface area is 159 Å². The molecule has 0 aliphatic rings. The van der Waals surface area contributed by atoms with Gasteiger partial charge in [-0.1, -0.05) is 43.0 Å². The number of carbonyl (C=O) groups is 2. The Kier molecular flexibility index (Phi) is 6.00. The van der Waals surface area contributed by atoms with Crippen LogP contribution in [0.15, 0.2) is 47.1 Å². The molecule has 3 rings (SSSR count). The van der Waals surface area contributed by atoms with E-state index >= 15 is 0 Å². The number of hydrogen-bond acceptors (Lipinski definition) is 7. The van der Waals surface area contributed by atoms with E-state index < -0.39 is 12.1 Å². The summed E-state index contributed by atoms with van der Waals surface area (Å²) >= 11 is 2.81. The lowest BCUT2D eigenvalue weighted by Crippen LogP contribution is -2.25. The molecule has 0 N–H and O–H groups in total. The van der Waals surface area contributed by atoms with Crippen molar-refractivity contribution in [1.29, 1.82) is 0 Å². The van der Waals surface area contributed by atoms with Crippen molar-refractivity contribution in [3.8, 4) is 0 Å². The molecule has 0 saturated carbocycles. The molecule has 0 bridgehead atoms. The third-order valence-electron chi connectivity index (χ3n) is 3.88. The molecule has 0 aliphatic heterocycles. The zero-order chi connectivity index (χ0) is 18.5. The summed E-state index contributed by atoms with van der Waals surface area (Å²) in [6.45, 7) is 3.65. The summed E-state index contributed by atoms with van der Waals surface area (Å²) in [5.41, 5.74) is 1.71. The lowest BCUT2D eigenvalue weighted by Gasteiger charge is -2.12. The molecule has 0 aliphatic carbocycles. The number of esters is 1. The van der Waals surface area contributed by atoms with Crippen LogP contribution < -0.4 is 0 Å². The van der Waals surface area contributed by atoms with Crippen molar-refractivity contribution in [3.05, 3.63) is 53.2 Å². The van der Waals surface area contributed by atoms with Crippen LogP contribution in [0.1, 0.15) is 29.8 Å². The molecule has 2 heterocycles. The monoisotopic (exact) mass is 386 g/mol. The van der Waals surface area contributed by atoms with Gasteiger partial charge in [0.25, 0.3) is 0 Å². The van der Waals surface area contributed by atoms with E-state index in [4.69, 9.17) is 4.74 Å². The molecule has 0 saturated heterocycles. The van der Waals surface area contributed by atoms with Gasteiger partial charge in [0.1, 0.15) is 16.2 Å². The van der Waals surface area contributed by atoms with E-state index in [1.807, 2.05) is 23.6 Å². The van der Waals surface area contributed by atoms with Crippen LogP contribution in [0.4, 0.5) is 0 Å². The van der Waals surface area contributed by atoms with Gasteiger partial charge in [-0.3, -0.25) is 9.59 Å². The number of fused-ring (bicyclic) bond motifs is 1. The molecule has 2 aromatic heterocycles. The first-order chi connectivity index (χ1) is 12.6. The highest BCUT2D eigenvalue weighted by Crippen LogP contribution is 2.27. The van der Waals surface area contributed by atoms with Crippen LogP contribution in [0.2, 0.25) is 0 Å². The summed E-state index contributed by atoms with van der Waals surface area (Å²) in [5.74, 6) is -0.551. The maximum absolute atomic E-state index is 12.4. The van der Waals surface area contributed by atoms with Crippen LogP contribution in [0, 0.1) is 0 Å². The fraction of sp³-hybridized carbons (Fsp3) is 0.263. The lowest BCUT2D eigenvalue weighted by molar-refractivity contribution is -0.143. The van der Waals surface area contributed by atoms with E-state index in [0.717, 1.165) is 27.2 Å². The summed E-state index contributed by atoms with van der Waals surface area (Å²) in [7, 11) is 0. The molecular weight excluding hydrogens is 368 g/mol. The number of hydrogen-bond donors (Lipinski definition) is 0. The molecule has 0 radical (unpaired) electrons. The Hall–Kier alpha value is -2.25. The number of aromatic nitrogens is 2. The molecule has 1 atom stereocenters. The number of thiophene rings is 1. The maximum Gasteiger partial charge on any atom is 0.317 e. The smallest absolute Gasteiger partial charge is 0.317 e. The predicted molar refractivity (Wildman–Crippen MR) is 104 cm³/mol. The van der Waals surface area contributed by atoms with Gasteiger partial charge in [0, 0.05) is 10.9 Å². The zero-order valence-electron chi connectivity index (χ0n) is 14.5. The highest BCUT2D eigenvalue weighted by Gasteiger charge is 2.20. The average molecular weight is 386 g/mol. The first-order valence-electron chi connectivity index (χ1n) is 8.22. The molecular formula is C19H18N2O3S2. The number of rotatable bonds is 7. The van der Waals surface area contributed by atoms with Gasteiger partial charge in [0.05, 0.1) is 5.75 Å². The van der Waals surface area contributed by atoms with Gasteiger partial charge in [0.2, 0.25) is 5.78 Å². The Morgan fingerprint density at radius 3 is 2.69 bits per heavy atom. The van der Waals surface area contributed by atoms with Crippen LogP contribution in [0.25, 0.3) is 10.2 Å². The van der Waals surface area contributed by atoms with Gasteiger partial charge >= 0.3 is 5.97 Å². The minimum Gasteiger partial charge on any atom is -0.454 e. The van der Waals surface area contributed by atoms with Crippen molar-refractivity contribution in [3.63, 3.8) is 0 Å². The Bertz CT molecular complexity index is 922. The average Bonchev–Trinajstić information content (AvgIpc) is 3.15. The molecule has 1 aromatic carbocycles. The lowest BCUT2D eigenvalue weighted by atomic mass is 10.0. The van der Waals surface area contributed by atoms with Gasteiger partial charge in [-0.2, -0.15) is 0 Å². The normalized spacial score (nSPS) is 12.1. The SMILES string of the molecule is CCc1ccc(C(=O)[C@H](C)OC(=O)CSc2ncnc3sccc23)cc1. The molecule has 5 nitrogen and oxygen atoms in total. The number of nitrogens with zero attached hydrogens (tertiary/aromatic N) is 2. The Balaban J connectivity index is 1.56. The number of carbonyl (C=O) groups excluding carboxylic acids is 2. The van der Waals surface area contributed by atoms with Gasteiger partial charge in [-0.05, 0) is 30.4 Å². The molecule has 0 spiro atoms. The van der Waals surface area contributed by atoms with Crippen molar-refractivity contribution in [2.24, 2.45) is 0 Å². The molecule has 3 aromatic rings. The van der Waals surface area contributed by atoms with Crippen molar-refractivity contribution in [2.75, 3.05) is 5.75 Å². The topological polar surface area (TPSA) is 69.2 Å². The molecule has 0 fully saturated rings. The quantitative estimate of drug-likeness (QED) is 0.263. The van der Waals surface area contributed by atoms with Crippen LogP contribution >= 0.6 is 23.1 Å². The van der Waals surface area contributed by atoms with Crippen molar-refractivity contribution in [2.45, 2.75) is 31.4 Å². The van der Waals surface area contributed by atoms with Crippen LogP contribution in [0.3, 0.4) is 0 Å². The van der Waals surface area contributed by atoms with Gasteiger partial charge < -0.3 is 4.74 Å². The van der Waals surface area contributed by atoms with Crippen LogP contribution in [-0.2, 0) is 16.0 Å². The number of thioether (sulfide) groups is 1. The number of ether oxygens (including phenoxy) is 1. The maximum atomic E-state index is 12.4. The second-order valence-electron chi connectivity index (χ2n) is 5.65. The van der Waals surface area contributed by atoms with Crippen molar-refractivity contribution in [1.82, 2.24) is 9.97 Å². The fourth-order valence-electron chi connectivity index (χ4n) is 2.43. The summed E-state index contributed by atoms with van der Waals surface area (Å²) in [6, 6.07) is 9.31. The minimum absolute atomic E-state index is 0.0916. The van der Waals surface area contributed by atoms with E-state index in [0.29, 0.717) is 5.56 Å². The van der Waals surface area contributed by atoms with Gasteiger partial charge in [-0.15, -0.1) is 11.3 Å². The molecule has 134 valence electrons. The minimum atomic E-state index is -0.817. The first kappa shape index (κ1) is 18.5. The van der Waals surface area contributed by atoms with Crippen molar-refractivity contribution < 1.29 is 14.3 Å². The predicted octanol–water partition coefficient (Wildman–Crippen LogP) is 4.16. The fourth-order valence-corrected chi connectivity index (χ4v) is 4.00. The first-order valence-corrected chi connectivity index (χ1v) is 10.1. The standard InChI is InChI=1S/C19H18N2O3S2/c1-3-13-4-6-14(7-5-13)17(23)12(2)24-16(22)10-26-19-15-8-9-25-18(15)20-11-21-19/h4-9,11-12H,3,10H2,1-2H3/t12-/m0/s1. The van der Waals surface area contributed by atoms with E-state index in [1.165, 1.54) is 29.4 Å². The number of ketones is 1. The van der Waals surface area contributed by atoms with Crippen LogP contribution in [0.5, 0.6) is 0 Å². The summed E-state index contributed by atoms with van der Waals surface area (Å²) in [5, 5.41) is 3.60. The van der Waals surface area contributed by atoms with Gasteiger partial charge in [-0.25, -0.2) is 9.97 Å². The third kappa shape index (κ3) is 4.28. The molecule has 0 unspecified atom stereocenters. The van der Waals surface area contributed by atoms with E-state index in [9.17, 15) is 9.59 Å². The summed E-state index contributed by atoms with van der Waals surface area (Å²) in [4.78, 5) is 33.8. The molecule has 0 amide bonds. The highest BCUT2D eigenvalue weighted by molar-refractivity contribution is 8.00. The summed E-state index contributed by atoms with van der Waals surface area (Å²) < 4.78 is 5.29. The zero-order valence-corrected chi connectivity index (χ0v) is 16.1. The van der Waals surface area contributed by atoms with Gasteiger partial charge in [0.15, 0.2) is 6.10 Å². The molecule has 26 heavy (non-hydrogen) atoms. The second-order valence-corrected chi connectivity index (χ2v) is 7.51. The largest absolute Gasteiger partial charge is 0.454 e. The van der Waals surface area contributed by atoms with Crippen molar-refractivity contribution >= 4 is 45.1 Å². The molecule has 7 heteroatoms. The summed E-state index contributed by atoms with van der Waals surface area (Å²) in [6.07, 6.45) is 1.58. The van der Waals surface area contributed by atoms with E-state index in [-0.39, 0.29) is 11.5 Å². The highest BCUT2D eigenvalue weighted by atomic mass is 32.2. The number of Topliss-reactive ketones (excluding diaryl/α,β-unsaturated/α-hetero) is 1. The Morgan fingerprint density at radius 1 is 1.19 bits per heavy atom. The second kappa shape index (κ2) is 8.42. The Morgan fingerprint density at radius 2 is 1.96 bits per heavy atom. The van der Waals surface area contributed by atoms with Crippen LogP contribution in [-0.4, -0.2) is 33.6 Å². The van der Waals surface area contributed by atoms with E-state index in [2.05, 4.69) is 16.9 Å².